The summed E-state index contributed by atoms with van der Waals surface area (Å²) in [5, 5.41) is 9.10. The number of ether oxygens (including phenoxy) is 2. The van der Waals surface area contributed by atoms with Crippen LogP contribution in [0.1, 0.15) is 39.9 Å². The highest BCUT2D eigenvalue weighted by Crippen LogP contribution is 2.33. The highest BCUT2D eigenvalue weighted by Gasteiger charge is 2.30. The van der Waals surface area contributed by atoms with Crippen molar-refractivity contribution >= 4 is 21.6 Å². The number of sulfonamides is 1. The van der Waals surface area contributed by atoms with E-state index in [1.54, 1.807) is 7.11 Å². The molecule has 0 radical (unpaired) electrons. The zero-order valence-electron chi connectivity index (χ0n) is 27.5. The summed E-state index contributed by atoms with van der Waals surface area (Å²) in [4.78, 5) is 2.42. The van der Waals surface area contributed by atoms with Crippen molar-refractivity contribution in [1.29, 1.82) is 0 Å². The molecule has 0 bridgehead atoms. The van der Waals surface area contributed by atoms with Gasteiger partial charge in [-0.05, 0) is 53.9 Å². The molecule has 1 N–H and O–H groups in total. The van der Waals surface area contributed by atoms with Gasteiger partial charge in [-0.25, -0.2) is 8.42 Å². The molecule has 252 valence electrons. The van der Waals surface area contributed by atoms with Gasteiger partial charge in [0.1, 0.15) is 5.75 Å². The molecule has 0 amide bonds. The summed E-state index contributed by atoms with van der Waals surface area (Å²) >= 11 is 6.63. The van der Waals surface area contributed by atoms with Crippen LogP contribution in [0.15, 0.2) is 66.7 Å². The lowest BCUT2D eigenvalue weighted by Gasteiger charge is -2.27. The Labute approximate surface area is 288 Å². The van der Waals surface area contributed by atoms with Crippen molar-refractivity contribution in [3.63, 3.8) is 0 Å². The first-order chi connectivity index (χ1) is 23.3. The van der Waals surface area contributed by atoms with Crippen molar-refractivity contribution in [2.45, 2.75) is 39.0 Å². The fraction of sp³-hybridized carbons (Fsp3) is 0.378. The van der Waals surface area contributed by atoms with Crippen LogP contribution >= 0.6 is 11.6 Å². The maximum Gasteiger partial charge on any atom is 0.211 e. The van der Waals surface area contributed by atoms with Crippen LogP contribution in [0.25, 0.3) is 11.3 Å². The average molecular weight is 688 g/mol. The Hall–Kier alpha value is -3.69. The largest absolute Gasteiger partial charge is 0.497 e. The SMILES string of the molecule is COc1ccc(CNCc2ccc(C#Cc3cc(-c4nn(CCCN5CCOCC5)c5c4CN(S(C)(=O)=O)CC5)ccc3Cl)cc2)cc1. The topological polar surface area (TPSA) is 88.9 Å². The molecule has 0 atom stereocenters. The third-order valence-electron chi connectivity index (χ3n) is 8.87. The lowest BCUT2D eigenvalue weighted by molar-refractivity contribution is 0.0368. The second-order valence-electron chi connectivity index (χ2n) is 12.2. The highest BCUT2D eigenvalue weighted by atomic mass is 35.5. The molecule has 9 nitrogen and oxygen atoms in total. The highest BCUT2D eigenvalue weighted by molar-refractivity contribution is 7.88. The van der Waals surface area contributed by atoms with E-state index in [9.17, 15) is 8.42 Å². The Morgan fingerprint density at radius 1 is 0.938 bits per heavy atom. The predicted octanol–water partition coefficient (Wildman–Crippen LogP) is 4.94. The lowest BCUT2D eigenvalue weighted by atomic mass is 10.0. The summed E-state index contributed by atoms with van der Waals surface area (Å²) in [6.45, 7) is 7.47. The lowest BCUT2D eigenvalue weighted by Crippen LogP contribution is -2.37. The van der Waals surface area contributed by atoms with Crippen LogP contribution in [0.2, 0.25) is 5.02 Å². The molecule has 11 heteroatoms. The van der Waals surface area contributed by atoms with Gasteiger partial charge in [0.05, 0.1) is 37.3 Å². The van der Waals surface area contributed by atoms with Gasteiger partial charge < -0.3 is 14.8 Å². The molecule has 0 unspecified atom stereocenters. The molecule has 3 heterocycles. The average Bonchev–Trinajstić information content (AvgIpc) is 3.46. The van der Waals surface area contributed by atoms with E-state index in [-0.39, 0.29) is 0 Å². The number of halogens is 1. The van der Waals surface area contributed by atoms with Gasteiger partial charge in [0.15, 0.2) is 0 Å². The monoisotopic (exact) mass is 687 g/mol. The Kier molecular flexibility index (Phi) is 11.2. The molecule has 0 saturated carbocycles. The number of nitrogens with one attached hydrogen (secondary N) is 1. The van der Waals surface area contributed by atoms with Crippen molar-refractivity contribution in [1.82, 2.24) is 24.3 Å². The smallest absolute Gasteiger partial charge is 0.211 e. The molecule has 2 aliphatic rings. The van der Waals surface area contributed by atoms with Gasteiger partial charge in [-0.15, -0.1) is 0 Å². The fourth-order valence-electron chi connectivity index (χ4n) is 6.14. The molecule has 1 aromatic heterocycles. The van der Waals surface area contributed by atoms with E-state index < -0.39 is 10.0 Å². The zero-order valence-corrected chi connectivity index (χ0v) is 29.1. The van der Waals surface area contributed by atoms with Crippen LogP contribution in [-0.2, 0) is 47.4 Å². The first-order valence-corrected chi connectivity index (χ1v) is 18.6. The van der Waals surface area contributed by atoms with E-state index in [0.717, 1.165) is 92.7 Å². The van der Waals surface area contributed by atoms with Crippen LogP contribution in [0, 0.1) is 11.8 Å². The van der Waals surface area contributed by atoms with Gasteiger partial charge in [0.25, 0.3) is 0 Å². The molecular weight excluding hydrogens is 646 g/mol. The van der Waals surface area contributed by atoms with Crippen molar-refractivity contribution in [3.05, 3.63) is 105 Å². The maximum atomic E-state index is 12.5. The second kappa shape index (κ2) is 15.7. The maximum absolute atomic E-state index is 12.5. The van der Waals surface area contributed by atoms with E-state index in [1.807, 2.05) is 42.5 Å². The van der Waals surface area contributed by atoms with Crippen molar-refractivity contribution in [2.24, 2.45) is 0 Å². The van der Waals surface area contributed by atoms with E-state index in [2.05, 4.69) is 51.0 Å². The summed E-state index contributed by atoms with van der Waals surface area (Å²) < 4.78 is 39.4. The number of aromatic nitrogens is 2. The van der Waals surface area contributed by atoms with Crippen LogP contribution in [0.5, 0.6) is 5.75 Å². The van der Waals surface area contributed by atoms with Crippen molar-refractivity contribution < 1.29 is 17.9 Å². The van der Waals surface area contributed by atoms with Gasteiger partial charge in [0.2, 0.25) is 10.0 Å². The molecule has 2 aliphatic heterocycles. The first-order valence-electron chi connectivity index (χ1n) is 16.3. The third-order valence-corrected chi connectivity index (χ3v) is 10.4. The zero-order chi connectivity index (χ0) is 33.5. The fourth-order valence-corrected chi connectivity index (χ4v) is 7.09. The number of morpholine rings is 1. The van der Waals surface area contributed by atoms with Crippen molar-refractivity contribution in [2.75, 3.05) is 52.8 Å². The van der Waals surface area contributed by atoms with Gasteiger partial charge in [-0.2, -0.15) is 9.40 Å². The van der Waals surface area contributed by atoms with E-state index >= 15 is 0 Å². The van der Waals surface area contributed by atoms with Crippen LogP contribution in [0.4, 0.5) is 0 Å². The molecule has 1 fully saturated rings. The Balaban J connectivity index is 1.16. The number of benzene rings is 3. The summed E-state index contributed by atoms with van der Waals surface area (Å²) in [6.07, 6.45) is 2.85. The minimum absolute atomic E-state index is 0.303. The number of fused-ring (bicyclic) bond motifs is 1. The molecular formula is C37H42ClN5O4S. The summed E-state index contributed by atoms with van der Waals surface area (Å²) in [5.74, 6) is 7.37. The number of rotatable bonds is 11. The number of hydrogen-bond acceptors (Lipinski definition) is 7. The minimum atomic E-state index is -3.34. The molecule has 48 heavy (non-hydrogen) atoms. The van der Waals surface area contributed by atoms with E-state index in [4.69, 9.17) is 26.2 Å². The molecule has 0 aliphatic carbocycles. The molecule has 1 saturated heterocycles. The Bertz CT molecular complexity index is 1880. The molecule has 0 spiro atoms. The molecule has 4 aromatic rings. The van der Waals surface area contributed by atoms with E-state index in [0.29, 0.717) is 30.1 Å². The normalized spacial score (nSPS) is 15.5. The summed E-state index contributed by atoms with van der Waals surface area (Å²) in [7, 11) is -1.67. The summed E-state index contributed by atoms with van der Waals surface area (Å²) in [5.41, 5.74) is 7.68. The molecule has 6 rings (SSSR count). The quantitative estimate of drug-likeness (QED) is 0.224. The predicted molar refractivity (Wildman–Crippen MR) is 189 cm³/mol. The van der Waals surface area contributed by atoms with Gasteiger partial charge in [-0.3, -0.25) is 9.58 Å². The second-order valence-corrected chi connectivity index (χ2v) is 14.6. The molecule has 3 aromatic carbocycles. The van der Waals surface area contributed by atoms with Gasteiger partial charge in [-0.1, -0.05) is 53.8 Å². The van der Waals surface area contributed by atoms with Crippen LogP contribution in [-0.4, -0.2) is 80.2 Å². The Morgan fingerprint density at radius 3 is 2.33 bits per heavy atom. The Morgan fingerprint density at radius 2 is 1.65 bits per heavy atom. The van der Waals surface area contributed by atoms with Crippen LogP contribution < -0.4 is 10.1 Å². The number of hydrogen-bond donors (Lipinski definition) is 1. The standard InChI is InChI=1S/C37H42ClN5O4S/c1-46-33-13-9-30(10-14-33)26-39-25-29-6-4-28(5-7-29)8-11-31-24-32(12-15-35(31)38)37-34-27-42(48(2,44)45)19-16-36(34)43(40-37)18-3-17-41-20-22-47-23-21-41/h4-7,9-10,12-15,24,39H,3,16-23,25-27H2,1-2H3. The van der Waals surface area contributed by atoms with Gasteiger partial charge >= 0.3 is 0 Å². The summed E-state index contributed by atoms with van der Waals surface area (Å²) in [6, 6.07) is 22.0. The van der Waals surface area contributed by atoms with E-state index in [1.165, 1.54) is 21.7 Å². The number of aryl methyl sites for hydroxylation is 1. The minimum Gasteiger partial charge on any atom is -0.497 e. The third kappa shape index (κ3) is 8.66. The number of methoxy groups -OCH3 is 1. The van der Waals surface area contributed by atoms with Crippen molar-refractivity contribution in [3.8, 4) is 28.8 Å². The first kappa shape index (κ1) is 34.2. The van der Waals surface area contributed by atoms with Gasteiger partial charge in [0, 0.05) is 86.7 Å². The number of nitrogens with zero attached hydrogens (tertiary/aromatic N) is 4. The van der Waals surface area contributed by atoms with Crippen LogP contribution in [0.3, 0.4) is 0 Å².